The van der Waals surface area contributed by atoms with Crippen LogP contribution < -0.4 is 0 Å². The zero-order valence-electron chi connectivity index (χ0n) is 9.21. The Bertz CT molecular complexity index is 218. The number of hydrogen-bond donors (Lipinski definition) is 0. The van der Waals surface area contributed by atoms with Crippen molar-refractivity contribution in [1.82, 2.24) is 0 Å². The van der Waals surface area contributed by atoms with Gasteiger partial charge >= 0.3 is 0 Å². The number of ketones is 1. The molecular weight excluding hydrogens is 176 g/mol. The van der Waals surface area contributed by atoms with Crippen LogP contribution in [0.5, 0.6) is 0 Å². The van der Waals surface area contributed by atoms with Gasteiger partial charge < -0.3 is 4.74 Å². The van der Waals surface area contributed by atoms with Crippen LogP contribution in [0.15, 0.2) is 11.8 Å². The van der Waals surface area contributed by atoms with Gasteiger partial charge in [-0.25, -0.2) is 0 Å². The third kappa shape index (κ3) is 3.17. The number of carbonyl (C=O) groups is 1. The number of ether oxygens (including phenoxy) is 1. The average Bonchev–Trinajstić information content (AvgIpc) is 2.17. The lowest BCUT2D eigenvalue weighted by atomic mass is 9.88. The molecule has 0 N–H and O–H groups in total. The van der Waals surface area contributed by atoms with Crippen molar-refractivity contribution in [3.05, 3.63) is 11.8 Å². The lowest BCUT2D eigenvalue weighted by Gasteiger charge is -2.20. The molecular formula is C12H20O2. The highest BCUT2D eigenvalue weighted by Gasteiger charge is 2.22. The van der Waals surface area contributed by atoms with Crippen molar-refractivity contribution in [2.45, 2.75) is 46.0 Å². The van der Waals surface area contributed by atoms with Gasteiger partial charge in [0, 0.05) is 18.4 Å². The zero-order chi connectivity index (χ0) is 10.4. The molecule has 0 aliphatic heterocycles. The van der Waals surface area contributed by atoms with Crippen molar-refractivity contribution in [2.75, 3.05) is 6.61 Å². The molecule has 1 atom stereocenters. The largest absolute Gasteiger partial charge is 0.498 e. The van der Waals surface area contributed by atoms with E-state index in [-0.39, 0.29) is 11.7 Å². The molecule has 80 valence electrons. The molecule has 1 rings (SSSR count). The van der Waals surface area contributed by atoms with Gasteiger partial charge in [-0.1, -0.05) is 19.8 Å². The van der Waals surface area contributed by atoms with Crippen LogP contribution in [0, 0.1) is 5.92 Å². The van der Waals surface area contributed by atoms with E-state index in [0.29, 0.717) is 6.61 Å². The molecule has 14 heavy (non-hydrogen) atoms. The second-order valence-corrected chi connectivity index (χ2v) is 3.82. The number of unbranched alkanes of at least 4 members (excludes halogenated alkanes) is 1. The first-order valence-corrected chi connectivity index (χ1v) is 5.65. The molecule has 0 aromatic heterocycles. The SMILES string of the molecule is CCCCC1CCC(OCC)=CC1=O. The van der Waals surface area contributed by atoms with Crippen LogP contribution in [-0.2, 0) is 9.53 Å². The van der Waals surface area contributed by atoms with Gasteiger partial charge in [0.05, 0.1) is 12.4 Å². The molecule has 0 radical (unpaired) electrons. The summed E-state index contributed by atoms with van der Waals surface area (Å²) < 4.78 is 5.35. The molecule has 1 aliphatic carbocycles. The molecule has 0 bridgehead atoms. The highest BCUT2D eigenvalue weighted by atomic mass is 16.5. The van der Waals surface area contributed by atoms with Gasteiger partial charge in [0.15, 0.2) is 5.78 Å². The first-order valence-electron chi connectivity index (χ1n) is 5.65. The molecule has 2 nitrogen and oxygen atoms in total. The third-order valence-corrected chi connectivity index (χ3v) is 2.68. The smallest absolute Gasteiger partial charge is 0.162 e. The summed E-state index contributed by atoms with van der Waals surface area (Å²) in [5.41, 5.74) is 0. The molecule has 2 heteroatoms. The predicted octanol–water partition coefficient (Wildman–Crippen LogP) is 3.08. The lowest BCUT2D eigenvalue weighted by molar-refractivity contribution is -0.119. The first-order chi connectivity index (χ1) is 6.77. The molecule has 0 spiro atoms. The summed E-state index contributed by atoms with van der Waals surface area (Å²) in [4.78, 5) is 11.6. The van der Waals surface area contributed by atoms with Crippen molar-refractivity contribution >= 4 is 5.78 Å². The molecule has 0 fully saturated rings. The van der Waals surface area contributed by atoms with E-state index < -0.39 is 0 Å². The summed E-state index contributed by atoms with van der Waals surface area (Å²) in [7, 11) is 0. The Kier molecular flexibility index (Phi) is 4.71. The number of rotatable bonds is 5. The van der Waals surface area contributed by atoms with E-state index in [1.54, 1.807) is 6.08 Å². The zero-order valence-corrected chi connectivity index (χ0v) is 9.21. The van der Waals surface area contributed by atoms with Crippen LogP contribution >= 0.6 is 0 Å². The van der Waals surface area contributed by atoms with Crippen LogP contribution in [-0.4, -0.2) is 12.4 Å². The fraction of sp³-hybridized carbons (Fsp3) is 0.750. The molecule has 0 aromatic rings. The van der Waals surface area contributed by atoms with E-state index in [0.717, 1.165) is 31.4 Å². The van der Waals surface area contributed by atoms with E-state index in [9.17, 15) is 4.79 Å². The van der Waals surface area contributed by atoms with Crippen LogP contribution in [0.3, 0.4) is 0 Å². The van der Waals surface area contributed by atoms with Gasteiger partial charge in [-0.05, 0) is 19.8 Å². The number of carbonyl (C=O) groups excluding carboxylic acids is 1. The van der Waals surface area contributed by atoms with Gasteiger partial charge in [0.25, 0.3) is 0 Å². The quantitative estimate of drug-likeness (QED) is 0.675. The highest BCUT2D eigenvalue weighted by molar-refractivity contribution is 5.92. The maximum absolute atomic E-state index is 11.6. The standard InChI is InChI=1S/C12H20O2/c1-3-5-6-10-7-8-11(14-4-2)9-12(10)13/h9-10H,3-8H2,1-2H3. The normalized spacial score (nSPS) is 22.0. The Morgan fingerprint density at radius 1 is 1.50 bits per heavy atom. The predicted molar refractivity (Wildman–Crippen MR) is 57.0 cm³/mol. The van der Waals surface area contributed by atoms with Crippen molar-refractivity contribution in [3.63, 3.8) is 0 Å². The number of allylic oxidation sites excluding steroid dienone is 2. The average molecular weight is 196 g/mol. The van der Waals surface area contributed by atoms with Gasteiger partial charge in [0.2, 0.25) is 0 Å². The lowest BCUT2D eigenvalue weighted by Crippen LogP contribution is -2.18. The van der Waals surface area contributed by atoms with Crippen LogP contribution in [0.4, 0.5) is 0 Å². The minimum Gasteiger partial charge on any atom is -0.498 e. The molecule has 0 saturated heterocycles. The van der Waals surface area contributed by atoms with E-state index in [1.807, 2.05) is 6.92 Å². The molecule has 0 saturated carbocycles. The molecule has 0 amide bonds. The second kappa shape index (κ2) is 5.84. The van der Waals surface area contributed by atoms with Crippen molar-refractivity contribution in [3.8, 4) is 0 Å². The Labute approximate surface area is 86.3 Å². The van der Waals surface area contributed by atoms with E-state index in [4.69, 9.17) is 4.74 Å². The molecule has 1 unspecified atom stereocenters. The van der Waals surface area contributed by atoms with E-state index >= 15 is 0 Å². The van der Waals surface area contributed by atoms with Crippen LogP contribution in [0.25, 0.3) is 0 Å². The summed E-state index contributed by atoms with van der Waals surface area (Å²) in [6.07, 6.45) is 7.00. The van der Waals surface area contributed by atoms with Gasteiger partial charge in [0.1, 0.15) is 0 Å². The van der Waals surface area contributed by atoms with Crippen molar-refractivity contribution in [1.29, 1.82) is 0 Å². The topological polar surface area (TPSA) is 26.3 Å². The summed E-state index contributed by atoms with van der Waals surface area (Å²) >= 11 is 0. The summed E-state index contributed by atoms with van der Waals surface area (Å²) in [6.45, 7) is 4.78. The van der Waals surface area contributed by atoms with Crippen LogP contribution in [0.1, 0.15) is 46.0 Å². The molecule has 0 heterocycles. The van der Waals surface area contributed by atoms with Crippen molar-refractivity contribution < 1.29 is 9.53 Å². The van der Waals surface area contributed by atoms with Crippen molar-refractivity contribution in [2.24, 2.45) is 5.92 Å². The van der Waals surface area contributed by atoms with Gasteiger partial charge in [-0.3, -0.25) is 4.79 Å². The maximum atomic E-state index is 11.6. The Balaban J connectivity index is 2.43. The maximum Gasteiger partial charge on any atom is 0.162 e. The van der Waals surface area contributed by atoms with Gasteiger partial charge in [-0.2, -0.15) is 0 Å². The fourth-order valence-corrected chi connectivity index (χ4v) is 1.84. The third-order valence-electron chi connectivity index (χ3n) is 2.68. The minimum atomic E-state index is 0.263. The second-order valence-electron chi connectivity index (χ2n) is 3.82. The van der Waals surface area contributed by atoms with Gasteiger partial charge in [-0.15, -0.1) is 0 Å². The van der Waals surface area contributed by atoms with E-state index in [1.165, 1.54) is 6.42 Å². The Hall–Kier alpha value is -0.790. The van der Waals surface area contributed by atoms with E-state index in [2.05, 4.69) is 6.92 Å². The number of hydrogen-bond acceptors (Lipinski definition) is 2. The molecule has 1 aliphatic rings. The first kappa shape index (κ1) is 11.3. The Morgan fingerprint density at radius 3 is 2.86 bits per heavy atom. The highest BCUT2D eigenvalue weighted by Crippen LogP contribution is 2.25. The summed E-state index contributed by atoms with van der Waals surface area (Å²) in [5, 5.41) is 0. The fourth-order valence-electron chi connectivity index (χ4n) is 1.84. The Morgan fingerprint density at radius 2 is 2.29 bits per heavy atom. The molecule has 0 aromatic carbocycles. The summed E-state index contributed by atoms with van der Waals surface area (Å²) in [6, 6.07) is 0. The minimum absolute atomic E-state index is 0.263. The van der Waals surface area contributed by atoms with Crippen LogP contribution in [0.2, 0.25) is 0 Å². The summed E-state index contributed by atoms with van der Waals surface area (Å²) in [5.74, 6) is 1.41. The monoisotopic (exact) mass is 196 g/mol.